The number of carbonyl (C=O) groups excluding carboxylic acids is 2. The van der Waals surface area contributed by atoms with Gasteiger partial charge < -0.3 is 19.5 Å². The molecular weight excluding hydrogens is 384 g/mol. The van der Waals surface area contributed by atoms with E-state index in [0.29, 0.717) is 24.1 Å². The number of hydrogen-bond acceptors (Lipinski definition) is 5. The Bertz CT molecular complexity index is 1250. The SMILES string of the molecule is Cc1oc2c(C)c3oc(=O)c(CCC(=O)N4CCC[C@@H]4C(N)=O)c(C)c3cc2c1C. The van der Waals surface area contributed by atoms with Gasteiger partial charge in [0.05, 0.1) is 0 Å². The van der Waals surface area contributed by atoms with Crippen molar-refractivity contribution in [1.29, 1.82) is 0 Å². The molecular formula is C23H26N2O5. The number of primary amides is 1. The van der Waals surface area contributed by atoms with E-state index >= 15 is 0 Å². The molecule has 0 radical (unpaired) electrons. The maximum atomic E-state index is 12.7. The van der Waals surface area contributed by atoms with Gasteiger partial charge in [-0.3, -0.25) is 9.59 Å². The second-order valence-electron chi connectivity index (χ2n) is 8.18. The van der Waals surface area contributed by atoms with Crippen LogP contribution < -0.4 is 11.4 Å². The Hall–Kier alpha value is -3.09. The molecule has 158 valence electrons. The Morgan fingerprint density at radius 1 is 1.07 bits per heavy atom. The van der Waals surface area contributed by atoms with Crippen LogP contribution in [0.2, 0.25) is 0 Å². The Balaban J connectivity index is 1.70. The van der Waals surface area contributed by atoms with Gasteiger partial charge in [-0.25, -0.2) is 4.79 Å². The number of benzene rings is 1. The van der Waals surface area contributed by atoms with Crippen LogP contribution in [0.1, 0.15) is 47.3 Å². The van der Waals surface area contributed by atoms with Crippen molar-refractivity contribution in [3.05, 3.63) is 44.5 Å². The van der Waals surface area contributed by atoms with E-state index in [1.165, 1.54) is 4.90 Å². The van der Waals surface area contributed by atoms with Gasteiger partial charge in [0.15, 0.2) is 0 Å². The number of carbonyl (C=O) groups is 2. The molecule has 3 heterocycles. The summed E-state index contributed by atoms with van der Waals surface area (Å²) in [6.07, 6.45) is 1.74. The quantitative estimate of drug-likeness (QED) is 0.665. The third-order valence-corrected chi connectivity index (χ3v) is 6.43. The van der Waals surface area contributed by atoms with E-state index in [9.17, 15) is 14.4 Å². The highest BCUT2D eigenvalue weighted by Crippen LogP contribution is 2.34. The predicted octanol–water partition coefficient (Wildman–Crippen LogP) is 3.18. The standard InChI is InChI=1S/C23H26N2O5/c1-11-14(4)29-20-13(3)21-17(10-16(11)20)12(2)15(23(28)30-21)7-8-19(26)25-9-5-6-18(25)22(24)27/h10,18H,5-9H2,1-4H3,(H2,24,27)/t18-/m1/s1. The lowest BCUT2D eigenvalue weighted by Crippen LogP contribution is -2.43. The highest BCUT2D eigenvalue weighted by atomic mass is 16.4. The molecule has 1 atom stereocenters. The van der Waals surface area contributed by atoms with Gasteiger partial charge in [-0.05, 0) is 64.2 Å². The first kappa shape index (κ1) is 20.2. The molecule has 0 aliphatic carbocycles. The van der Waals surface area contributed by atoms with Crippen molar-refractivity contribution < 1.29 is 18.4 Å². The molecule has 1 saturated heterocycles. The largest absolute Gasteiger partial charge is 0.461 e. The fourth-order valence-electron chi connectivity index (χ4n) is 4.52. The zero-order valence-electron chi connectivity index (χ0n) is 17.8. The van der Waals surface area contributed by atoms with E-state index in [4.69, 9.17) is 14.6 Å². The van der Waals surface area contributed by atoms with Crippen LogP contribution in [0.3, 0.4) is 0 Å². The molecule has 30 heavy (non-hydrogen) atoms. The van der Waals surface area contributed by atoms with Crippen LogP contribution in [0, 0.1) is 27.7 Å². The van der Waals surface area contributed by atoms with Gasteiger partial charge in [0.1, 0.15) is 23.0 Å². The zero-order chi connectivity index (χ0) is 21.7. The summed E-state index contributed by atoms with van der Waals surface area (Å²) in [4.78, 5) is 38.5. The predicted molar refractivity (Wildman–Crippen MR) is 113 cm³/mol. The summed E-state index contributed by atoms with van der Waals surface area (Å²) in [6, 6.07) is 1.45. The van der Waals surface area contributed by atoms with Gasteiger partial charge >= 0.3 is 5.63 Å². The summed E-state index contributed by atoms with van der Waals surface area (Å²) in [5, 5.41) is 1.85. The van der Waals surface area contributed by atoms with E-state index in [-0.39, 0.29) is 18.7 Å². The number of furan rings is 1. The molecule has 2 aromatic heterocycles. The first-order chi connectivity index (χ1) is 14.2. The Morgan fingerprint density at radius 2 is 1.73 bits per heavy atom. The van der Waals surface area contributed by atoms with Crippen LogP contribution in [0.4, 0.5) is 0 Å². The lowest BCUT2D eigenvalue weighted by molar-refractivity contribution is -0.137. The minimum atomic E-state index is -0.546. The third-order valence-electron chi connectivity index (χ3n) is 6.43. The molecule has 1 fully saturated rings. The van der Waals surface area contributed by atoms with Crippen molar-refractivity contribution in [2.75, 3.05) is 6.54 Å². The third kappa shape index (κ3) is 3.09. The highest BCUT2D eigenvalue weighted by molar-refractivity contribution is 6.00. The first-order valence-electron chi connectivity index (χ1n) is 10.2. The maximum Gasteiger partial charge on any atom is 0.339 e. The van der Waals surface area contributed by atoms with Crippen molar-refractivity contribution in [2.24, 2.45) is 5.73 Å². The summed E-state index contributed by atoms with van der Waals surface area (Å²) in [6.45, 7) is 8.21. The summed E-state index contributed by atoms with van der Waals surface area (Å²) in [7, 11) is 0. The summed E-state index contributed by atoms with van der Waals surface area (Å²) in [5.74, 6) is 0.194. The summed E-state index contributed by atoms with van der Waals surface area (Å²) >= 11 is 0. The molecule has 0 bridgehead atoms. The van der Waals surface area contributed by atoms with Crippen molar-refractivity contribution >= 4 is 33.8 Å². The smallest absolute Gasteiger partial charge is 0.339 e. The second kappa shape index (κ2) is 7.31. The maximum absolute atomic E-state index is 12.7. The molecule has 3 aromatic rings. The fourth-order valence-corrected chi connectivity index (χ4v) is 4.52. The van der Waals surface area contributed by atoms with Crippen molar-refractivity contribution in [2.45, 2.75) is 59.4 Å². The van der Waals surface area contributed by atoms with Crippen molar-refractivity contribution in [3.8, 4) is 0 Å². The van der Waals surface area contributed by atoms with E-state index in [1.54, 1.807) is 0 Å². The number of hydrogen-bond donors (Lipinski definition) is 1. The molecule has 2 N–H and O–H groups in total. The van der Waals surface area contributed by atoms with Crippen LogP contribution in [-0.2, 0) is 16.0 Å². The zero-order valence-corrected chi connectivity index (χ0v) is 17.8. The lowest BCUT2D eigenvalue weighted by Gasteiger charge is -2.22. The molecule has 4 rings (SSSR count). The minimum Gasteiger partial charge on any atom is -0.461 e. The molecule has 7 nitrogen and oxygen atoms in total. The van der Waals surface area contributed by atoms with Gasteiger partial charge in [-0.2, -0.15) is 0 Å². The van der Waals surface area contributed by atoms with Gasteiger partial charge in [0, 0.05) is 34.9 Å². The van der Waals surface area contributed by atoms with Crippen LogP contribution in [-0.4, -0.2) is 29.3 Å². The molecule has 7 heteroatoms. The topological polar surface area (TPSA) is 107 Å². The minimum absolute atomic E-state index is 0.131. The normalized spacial score (nSPS) is 16.7. The van der Waals surface area contributed by atoms with Crippen LogP contribution in [0.15, 0.2) is 19.7 Å². The molecule has 1 aliphatic heterocycles. The van der Waals surface area contributed by atoms with Crippen LogP contribution in [0.25, 0.3) is 21.9 Å². The Kier molecular flexibility index (Phi) is 4.92. The molecule has 0 saturated carbocycles. The average molecular weight is 410 g/mol. The molecule has 1 aromatic carbocycles. The van der Waals surface area contributed by atoms with Crippen LogP contribution >= 0.6 is 0 Å². The van der Waals surface area contributed by atoms with Crippen molar-refractivity contribution in [3.63, 3.8) is 0 Å². The van der Waals surface area contributed by atoms with E-state index < -0.39 is 17.6 Å². The van der Waals surface area contributed by atoms with Gasteiger partial charge in [-0.1, -0.05) is 0 Å². The van der Waals surface area contributed by atoms with E-state index in [0.717, 1.165) is 45.2 Å². The molecule has 0 unspecified atom stereocenters. The average Bonchev–Trinajstić information content (AvgIpc) is 3.29. The monoisotopic (exact) mass is 410 g/mol. The van der Waals surface area contributed by atoms with Crippen LogP contribution in [0.5, 0.6) is 0 Å². The number of aryl methyl sites for hydroxylation is 4. The molecule has 2 amide bonds. The van der Waals surface area contributed by atoms with Gasteiger partial charge in [0.2, 0.25) is 11.8 Å². The number of rotatable bonds is 4. The van der Waals surface area contributed by atoms with Crippen molar-refractivity contribution in [1.82, 2.24) is 4.90 Å². The first-order valence-corrected chi connectivity index (χ1v) is 10.2. The van der Waals surface area contributed by atoms with Gasteiger partial charge in [0.25, 0.3) is 0 Å². The Labute approximate surface area is 173 Å². The van der Waals surface area contributed by atoms with Gasteiger partial charge in [-0.15, -0.1) is 0 Å². The molecule has 0 spiro atoms. The van der Waals surface area contributed by atoms with E-state index in [1.807, 2.05) is 33.8 Å². The number of likely N-dealkylation sites (tertiary alicyclic amines) is 1. The number of nitrogens with two attached hydrogens (primary N) is 1. The summed E-state index contributed by atoms with van der Waals surface area (Å²) < 4.78 is 11.5. The number of fused-ring (bicyclic) bond motifs is 2. The Morgan fingerprint density at radius 3 is 2.43 bits per heavy atom. The fraction of sp³-hybridized carbons (Fsp3) is 0.435. The lowest BCUT2D eigenvalue weighted by atomic mass is 9.98. The number of amides is 2. The highest BCUT2D eigenvalue weighted by Gasteiger charge is 2.32. The van der Waals surface area contributed by atoms with E-state index in [2.05, 4.69) is 0 Å². The summed E-state index contributed by atoms with van der Waals surface area (Å²) in [5.41, 5.74) is 9.37. The number of nitrogens with zero attached hydrogens (tertiary/aromatic N) is 1. The second-order valence-corrected chi connectivity index (χ2v) is 8.18. The molecule has 1 aliphatic rings.